The number of hydrogen-bond acceptors (Lipinski definition) is 4. The van der Waals surface area contributed by atoms with Crippen LogP contribution < -0.4 is 5.32 Å². The lowest BCUT2D eigenvalue weighted by Crippen LogP contribution is -2.32. The highest BCUT2D eigenvalue weighted by molar-refractivity contribution is 7.89. The predicted octanol–water partition coefficient (Wildman–Crippen LogP) is 2.65. The number of aryl methyl sites for hydroxylation is 1. The summed E-state index contributed by atoms with van der Waals surface area (Å²) in [4.78, 5) is 0.324. The Kier molecular flexibility index (Phi) is 5.46. The molecule has 6 heteroatoms. The molecule has 21 heavy (non-hydrogen) atoms. The fraction of sp³-hybridized carbons (Fsp3) is 0.733. The van der Waals surface area contributed by atoms with E-state index in [1.54, 1.807) is 17.3 Å². The summed E-state index contributed by atoms with van der Waals surface area (Å²) in [5, 5.41) is 3.24. The number of rotatable bonds is 5. The normalized spacial score (nSPS) is 18.1. The molecule has 2 rings (SSSR count). The third kappa shape index (κ3) is 4.08. The first-order valence-corrected chi connectivity index (χ1v) is 9.18. The molecule has 0 saturated carbocycles. The number of sulfonamides is 1. The fourth-order valence-corrected chi connectivity index (χ4v) is 4.30. The fourth-order valence-electron chi connectivity index (χ4n) is 2.59. The van der Waals surface area contributed by atoms with Crippen LogP contribution >= 0.6 is 0 Å². The van der Waals surface area contributed by atoms with Crippen molar-refractivity contribution in [1.29, 1.82) is 0 Å². The van der Waals surface area contributed by atoms with Gasteiger partial charge in [-0.25, -0.2) is 8.42 Å². The van der Waals surface area contributed by atoms with Crippen molar-refractivity contribution in [3.05, 3.63) is 17.6 Å². The molecule has 1 aromatic heterocycles. The van der Waals surface area contributed by atoms with E-state index >= 15 is 0 Å². The molecule has 0 spiro atoms. The summed E-state index contributed by atoms with van der Waals surface area (Å²) < 4.78 is 32.7. The first-order chi connectivity index (χ1) is 9.91. The van der Waals surface area contributed by atoms with E-state index in [1.165, 1.54) is 0 Å². The van der Waals surface area contributed by atoms with Crippen LogP contribution in [0.5, 0.6) is 0 Å². The summed E-state index contributed by atoms with van der Waals surface area (Å²) in [6, 6.07) is 2.01. The minimum atomic E-state index is -3.42. The van der Waals surface area contributed by atoms with Gasteiger partial charge in [0, 0.05) is 25.2 Å². The highest BCUT2D eigenvalue weighted by Gasteiger charge is 2.29. The lowest BCUT2D eigenvalue weighted by atomic mass is 10.2. The minimum absolute atomic E-state index is 0.324. The molecule has 2 heterocycles. The summed E-state index contributed by atoms with van der Waals surface area (Å²) in [7, 11) is -3.42. The maximum Gasteiger partial charge on any atom is 0.246 e. The third-order valence-electron chi connectivity index (χ3n) is 3.79. The SMILES string of the molecule is Cc1oc(CNC(C)C)cc1S(=O)(=O)N1CCCCCC1. The number of nitrogens with zero attached hydrogens (tertiary/aromatic N) is 1. The van der Waals surface area contributed by atoms with Gasteiger partial charge in [0.15, 0.2) is 0 Å². The number of hydrogen-bond donors (Lipinski definition) is 1. The van der Waals surface area contributed by atoms with Crippen molar-refractivity contribution < 1.29 is 12.8 Å². The van der Waals surface area contributed by atoms with Crippen LogP contribution in [-0.4, -0.2) is 31.9 Å². The molecule has 0 atom stereocenters. The second kappa shape index (κ2) is 6.94. The highest BCUT2D eigenvalue weighted by atomic mass is 32.2. The molecule has 0 unspecified atom stereocenters. The van der Waals surface area contributed by atoms with E-state index in [9.17, 15) is 8.42 Å². The first kappa shape index (κ1) is 16.5. The highest BCUT2D eigenvalue weighted by Crippen LogP contribution is 2.25. The molecule has 1 saturated heterocycles. The van der Waals surface area contributed by atoms with Crippen molar-refractivity contribution in [3.8, 4) is 0 Å². The zero-order chi connectivity index (χ0) is 15.5. The van der Waals surface area contributed by atoms with Crippen LogP contribution in [0.2, 0.25) is 0 Å². The van der Waals surface area contributed by atoms with Crippen LogP contribution in [0.4, 0.5) is 0 Å². The van der Waals surface area contributed by atoms with Crippen molar-refractivity contribution in [2.24, 2.45) is 0 Å². The Balaban J connectivity index is 2.19. The molecule has 0 amide bonds. The van der Waals surface area contributed by atoms with Gasteiger partial charge < -0.3 is 9.73 Å². The summed E-state index contributed by atoms with van der Waals surface area (Å²) in [6.45, 7) is 7.60. The van der Waals surface area contributed by atoms with E-state index in [4.69, 9.17) is 4.42 Å². The maximum atomic E-state index is 12.8. The molecule has 1 N–H and O–H groups in total. The average Bonchev–Trinajstić information content (AvgIpc) is 2.64. The molecule has 1 aliphatic rings. The van der Waals surface area contributed by atoms with E-state index in [-0.39, 0.29) is 0 Å². The van der Waals surface area contributed by atoms with E-state index in [0.717, 1.165) is 25.7 Å². The van der Waals surface area contributed by atoms with Crippen LogP contribution in [-0.2, 0) is 16.6 Å². The van der Waals surface area contributed by atoms with E-state index in [0.29, 0.717) is 42.1 Å². The summed E-state index contributed by atoms with van der Waals surface area (Å²) in [5.41, 5.74) is 0. The molecule has 0 aromatic carbocycles. The average molecular weight is 314 g/mol. The van der Waals surface area contributed by atoms with Gasteiger partial charge in [0.05, 0.1) is 6.54 Å². The molecule has 0 radical (unpaired) electrons. The Labute approximate surface area is 127 Å². The lowest BCUT2D eigenvalue weighted by molar-refractivity contribution is 0.418. The molecule has 0 aliphatic carbocycles. The Hall–Kier alpha value is -0.850. The number of nitrogens with one attached hydrogen (secondary N) is 1. The van der Waals surface area contributed by atoms with Gasteiger partial charge in [-0.15, -0.1) is 0 Å². The van der Waals surface area contributed by atoms with Crippen LogP contribution in [0, 0.1) is 6.92 Å². The van der Waals surface area contributed by atoms with Gasteiger partial charge in [0.25, 0.3) is 0 Å². The second-order valence-electron chi connectivity index (χ2n) is 5.99. The van der Waals surface area contributed by atoms with Crippen LogP contribution in [0.3, 0.4) is 0 Å². The second-order valence-corrected chi connectivity index (χ2v) is 7.89. The topological polar surface area (TPSA) is 62.6 Å². The lowest BCUT2D eigenvalue weighted by Gasteiger charge is -2.19. The predicted molar refractivity (Wildman–Crippen MR) is 82.6 cm³/mol. The zero-order valence-electron chi connectivity index (χ0n) is 13.2. The molecule has 1 aromatic rings. The van der Waals surface area contributed by atoms with E-state index < -0.39 is 10.0 Å². The van der Waals surface area contributed by atoms with E-state index in [2.05, 4.69) is 5.32 Å². The van der Waals surface area contributed by atoms with E-state index in [1.807, 2.05) is 13.8 Å². The largest absolute Gasteiger partial charge is 0.464 e. The van der Waals surface area contributed by atoms with Crippen LogP contribution in [0.1, 0.15) is 51.1 Å². The summed E-state index contributed by atoms with van der Waals surface area (Å²) in [6.07, 6.45) is 4.11. The molecular formula is C15H26N2O3S. The van der Waals surface area contributed by atoms with Gasteiger partial charge in [0.1, 0.15) is 16.4 Å². The van der Waals surface area contributed by atoms with Gasteiger partial charge in [-0.1, -0.05) is 26.7 Å². The monoisotopic (exact) mass is 314 g/mol. The van der Waals surface area contributed by atoms with Gasteiger partial charge in [-0.2, -0.15) is 4.31 Å². The molecule has 1 aliphatic heterocycles. The Morgan fingerprint density at radius 2 is 1.86 bits per heavy atom. The molecule has 0 bridgehead atoms. The van der Waals surface area contributed by atoms with Crippen LogP contribution in [0.15, 0.2) is 15.4 Å². The smallest absolute Gasteiger partial charge is 0.246 e. The van der Waals surface area contributed by atoms with Gasteiger partial charge in [-0.05, 0) is 19.8 Å². The van der Waals surface area contributed by atoms with Gasteiger partial charge in [0.2, 0.25) is 10.0 Å². The standard InChI is InChI=1S/C15H26N2O3S/c1-12(2)16-11-14-10-15(13(3)20-14)21(18,19)17-8-6-4-5-7-9-17/h10,12,16H,4-9,11H2,1-3H3. The first-order valence-electron chi connectivity index (χ1n) is 7.74. The molecular weight excluding hydrogens is 288 g/mol. The third-order valence-corrected chi connectivity index (χ3v) is 5.80. The van der Waals surface area contributed by atoms with Crippen molar-refractivity contribution in [3.63, 3.8) is 0 Å². The molecule has 5 nitrogen and oxygen atoms in total. The number of furan rings is 1. The van der Waals surface area contributed by atoms with Gasteiger partial charge in [-0.3, -0.25) is 0 Å². The van der Waals surface area contributed by atoms with Gasteiger partial charge >= 0.3 is 0 Å². The van der Waals surface area contributed by atoms with Crippen molar-refractivity contribution in [2.45, 2.75) is 63.9 Å². The zero-order valence-corrected chi connectivity index (χ0v) is 14.0. The molecule has 1 fully saturated rings. The van der Waals surface area contributed by atoms with Crippen molar-refractivity contribution in [1.82, 2.24) is 9.62 Å². The van der Waals surface area contributed by atoms with Crippen molar-refractivity contribution >= 4 is 10.0 Å². The Morgan fingerprint density at radius 1 is 1.24 bits per heavy atom. The minimum Gasteiger partial charge on any atom is -0.464 e. The van der Waals surface area contributed by atoms with Crippen LogP contribution in [0.25, 0.3) is 0 Å². The van der Waals surface area contributed by atoms with Crippen molar-refractivity contribution in [2.75, 3.05) is 13.1 Å². The molecule has 120 valence electrons. The summed E-state index contributed by atoms with van der Waals surface area (Å²) >= 11 is 0. The summed E-state index contributed by atoms with van der Waals surface area (Å²) in [5.74, 6) is 1.16. The maximum absolute atomic E-state index is 12.8. The Morgan fingerprint density at radius 3 is 2.43 bits per heavy atom. The Bertz CT molecular complexity index is 555. The quantitative estimate of drug-likeness (QED) is 0.907.